The maximum Gasteiger partial charge on any atom is 0.254 e. The van der Waals surface area contributed by atoms with Gasteiger partial charge in [-0.1, -0.05) is 0 Å². The molecule has 0 saturated carbocycles. The zero-order valence-electron chi connectivity index (χ0n) is 12.1. The smallest absolute Gasteiger partial charge is 0.254 e. The third-order valence-electron chi connectivity index (χ3n) is 3.69. The molecule has 1 saturated heterocycles. The van der Waals surface area contributed by atoms with Crippen molar-refractivity contribution >= 4 is 11.8 Å². The van der Waals surface area contributed by atoms with Crippen LogP contribution in [-0.2, 0) is 4.79 Å². The molecule has 1 aromatic carbocycles. The Kier molecular flexibility index (Phi) is 5.21. The molecule has 1 aromatic rings. The Labute approximate surface area is 130 Å². The van der Waals surface area contributed by atoms with Gasteiger partial charge in [0, 0.05) is 19.1 Å². The molecule has 0 aliphatic carbocycles. The summed E-state index contributed by atoms with van der Waals surface area (Å²) in [6.07, 6.45) is 0.680. The molecule has 1 N–H and O–H groups in total. The summed E-state index contributed by atoms with van der Waals surface area (Å²) >= 11 is 0. The van der Waals surface area contributed by atoms with Gasteiger partial charge < -0.3 is 10.2 Å². The Hall–Kier alpha value is -2.56. The average Bonchev–Trinajstić information content (AvgIpc) is 2.53. The first-order chi connectivity index (χ1) is 10.9. The fourth-order valence-electron chi connectivity index (χ4n) is 2.42. The SMILES string of the molecule is N#CCC(=O)N1CCC(NC(=O)c2ccc(F)c(F)c2F)CC1. The number of piperidine rings is 1. The predicted octanol–water partition coefficient (Wildman–Crippen LogP) is 1.74. The van der Waals surface area contributed by atoms with Gasteiger partial charge in [-0.3, -0.25) is 9.59 Å². The number of nitrogens with one attached hydrogen (secondary N) is 1. The molecular weight excluding hydrogens is 311 g/mol. The van der Waals surface area contributed by atoms with Gasteiger partial charge in [-0.05, 0) is 25.0 Å². The number of hydrogen-bond acceptors (Lipinski definition) is 3. The molecule has 23 heavy (non-hydrogen) atoms. The van der Waals surface area contributed by atoms with Crippen LogP contribution in [0.3, 0.4) is 0 Å². The predicted molar refractivity (Wildman–Crippen MR) is 73.6 cm³/mol. The first-order valence-corrected chi connectivity index (χ1v) is 7.03. The van der Waals surface area contributed by atoms with Crippen molar-refractivity contribution in [2.75, 3.05) is 13.1 Å². The second-order valence-electron chi connectivity index (χ2n) is 5.19. The minimum Gasteiger partial charge on any atom is -0.349 e. The maximum absolute atomic E-state index is 13.6. The Morgan fingerprint density at radius 3 is 2.48 bits per heavy atom. The molecule has 8 heteroatoms. The van der Waals surface area contributed by atoms with Crippen LogP contribution in [-0.4, -0.2) is 35.8 Å². The van der Waals surface area contributed by atoms with Crippen LogP contribution < -0.4 is 5.32 Å². The number of hydrogen-bond donors (Lipinski definition) is 1. The summed E-state index contributed by atoms with van der Waals surface area (Å²) in [6, 6.07) is 3.05. The van der Waals surface area contributed by atoms with Gasteiger partial charge in [0.05, 0.1) is 11.6 Å². The lowest BCUT2D eigenvalue weighted by molar-refractivity contribution is -0.131. The molecule has 5 nitrogen and oxygen atoms in total. The number of nitriles is 1. The molecule has 2 rings (SSSR count). The lowest BCUT2D eigenvalue weighted by atomic mass is 10.0. The third-order valence-corrected chi connectivity index (χ3v) is 3.69. The van der Waals surface area contributed by atoms with Crippen LogP contribution in [0.2, 0.25) is 0 Å². The summed E-state index contributed by atoms with van der Waals surface area (Å²) in [4.78, 5) is 25.0. The van der Waals surface area contributed by atoms with Crippen LogP contribution >= 0.6 is 0 Å². The number of likely N-dealkylation sites (tertiary alicyclic amines) is 1. The van der Waals surface area contributed by atoms with Crippen LogP contribution in [0.15, 0.2) is 12.1 Å². The van der Waals surface area contributed by atoms with Gasteiger partial charge in [-0.2, -0.15) is 5.26 Å². The molecule has 1 aliphatic heterocycles. The zero-order chi connectivity index (χ0) is 17.0. The molecule has 1 aliphatic rings. The van der Waals surface area contributed by atoms with Gasteiger partial charge in [0.25, 0.3) is 5.91 Å². The van der Waals surface area contributed by atoms with E-state index >= 15 is 0 Å². The average molecular weight is 325 g/mol. The molecule has 0 spiro atoms. The Balaban J connectivity index is 1.94. The zero-order valence-corrected chi connectivity index (χ0v) is 12.1. The van der Waals surface area contributed by atoms with Crippen molar-refractivity contribution in [3.63, 3.8) is 0 Å². The summed E-state index contributed by atoms with van der Waals surface area (Å²) < 4.78 is 39.6. The molecule has 0 bridgehead atoms. The summed E-state index contributed by atoms with van der Waals surface area (Å²) in [6.45, 7) is 0.734. The van der Waals surface area contributed by atoms with Gasteiger partial charge in [0.15, 0.2) is 17.5 Å². The van der Waals surface area contributed by atoms with Crippen LogP contribution in [0.5, 0.6) is 0 Å². The van der Waals surface area contributed by atoms with Crippen molar-refractivity contribution in [3.05, 3.63) is 35.1 Å². The van der Waals surface area contributed by atoms with E-state index in [-0.39, 0.29) is 18.4 Å². The molecule has 0 radical (unpaired) electrons. The fourth-order valence-corrected chi connectivity index (χ4v) is 2.42. The van der Waals surface area contributed by atoms with E-state index in [1.807, 2.05) is 0 Å². The molecule has 122 valence electrons. The van der Waals surface area contributed by atoms with Gasteiger partial charge in [0.1, 0.15) is 6.42 Å². The highest BCUT2D eigenvalue weighted by molar-refractivity contribution is 5.94. The van der Waals surface area contributed by atoms with E-state index < -0.39 is 28.9 Å². The van der Waals surface area contributed by atoms with E-state index in [0.29, 0.717) is 32.0 Å². The monoisotopic (exact) mass is 325 g/mol. The maximum atomic E-state index is 13.6. The molecule has 0 atom stereocenters. The minimum atomic E-state index is -1.69. The summed E-state index contributed by atoms with van der Waals surface area (Å²) in [7, 11) is 0. The topological polar surface area (TPSA) is 73.2 Å². The normalized spacial score (nSPS) is 15.1. The van der Waals surface area contributed by atoms with Crippen LogP contribution in [0.25, 0.3) is 0 Å². The van der Waals surface area contributed by atoms with Crippen molar-refractivity contribution in [2.24, 2.45) is 0 Å². The van der Waals surface area contributed by atoms with Gasteiger partial charge in [-0.15, -0.1) is 0 Å². The summed E-state index contributed by atoms with van der Waals surface area (Å²) in [5.41, 5.74) is -0.563. The van der Waals surface area contributed by atoms with E-state index in [2.05, 4.69) is 5.32 Å². The fraction of sp³-hybridized carbons (Fsp3) is 0.400. The van der Waals surface area contributed by atoms with Crippen LogP contribution in [0, 0.1) is 28.8 Å². The number of carbonyl (C=O) groups excluding carboxylic acids is 2. The molecular formula is C15H14F3N3O2. The largest absolute Gasteiger partial charge is 0.349 e. The summed E-state index contributed by atoms with van der Waals surface area (Å²) in [5.74, 6) is -5.67. The van der Waals surface area contributed by atoms with Crippen molar-refractivity contribution < 1.29 is 22.8 Å². The number of nitrogens with zero attached hydrogens (tertiary/aromatic N) is 2. The van der Waals surface area contributed by atoms with E-state index in [1.165, 1.54) is 4.90 Å². The highest BCUT2D eigenvalue weighted by atomic mass is 19.2. The molecule has 0 unspecified atom stereocenters. The number of amides is 2. The number of rotatable bonds is 3. The van der Waals surface area contributed by atoms with Crippen molar-refractivity contribution in [1.29, 1.82) is 5.26 Å². The van der Waals surface area contributed by atoms with Crippen molar-refractivity contribution in [3.8, 4) is 6.07 Å². The molecule has 2 amide bonds. The van der Waals surface area contributed by atoms with Crippen molar-refractivity contribution in [1.82, 2.24) is 10.2 Å². The van der Waals surface area contributed by atoms with Gasteiger partial charge in [-0.25, -0.2) is 13.2 Å². The minimum absolute atomic E-state index is 0.197. The highest BCUT2D eigenvalue weighted by Crippen LogP contribution is 2.17. The Morgan fingerprint density at radius 1 is 1.22 bits per heavy atom. The van der Waals surface area contributed by atoms with Gasteiger partial charge >= 0.3 is 0 Å². The Bertz CT molecular complexity index is 665. The molecule has 0 aromatic heterocycles. The highest BCUT2D eigenvalue weighted by Gasteiger charge is 2.25. The van der Waals surface area contributed by atoms with Crippen LogP contribution in [0.1, 0.15) is 29.6 Å². The number of benzene rings is 1. The quantitative estimate of drug-likeness (QED) is 0.860. The number of carbonyl (C=O) groups is 2. The lowest BCUT2D eigenvalue weighted by Crippen LogP contribution is -2.46. The first-order valence-electron chi connectivity index (χ1n) is 7.03. The van der Waals surface area contributed by atoms with E-state index in [0.717, 1.165) is 6.07 Å². The number of halogens is 3. The van der Waals surface area contributed by atoms with Crippen molar-refractivity contribution in [2.45, 2.75) is 25.3 Å². The van der Waals surface area contributed by atoms with E-state index in [9.17, 15) is 22.8 Å². The summed E-state index contributed by atoms with van der Waals surface area (Å²) in [5, 5.41) is 11.0. The second-order valence-corrected chi connectivity index (χ2v) is 5.19. The van der Waals surface area contributed by atoms with E-state index in [4.69, 9.17) is 5.26 Å². The van der Waals surface area contributed by atoms with Crippen LogP contribution in [0.4, 0.5) is 13.2 Å². The molecule has 1 heterocycles. The first kappa shape index (κ1) is 16.8. The second kappa shape index (κ2) is 7.13. The van der Waals surface area contributed by atoms with E-state index in [1.54, 1.807) is 6.07 Å². The lowest BCUT2D eigenvalue weighted by Gasteiger charge is -2.32. The Morgan fingerprint density at radius 2 is 1.87 bits per heavy atom. The standard InChI is InChI=1S/C15H14F3N3O2/c16-11-2-1-10(13(17)14(11)18)15(23)20-9-4-7-21(8-5-9)12(22)3-6-19/h1-2,9H,3-5,7-8H2,(H,20,23). The van der Waals surface area contributed by atoms with Gasteiger partial charge in [0.2, 0.25) is 5.91 Å². The molecule has 1 fully saturated rings. The third kappa shape index (κ3) is 3.80.